The molecule has 170 valence electrons. The van der Waals surface area contributed by atoms with Crippen LogP contribution in [0.2, 0.25) is 0 Å². The van der Waals surface area contributed by atoms with Crippen LogP contribution in [0.3, 0.4) is 0 Å². The van der Waals surface area contributed by atoms with Crippen LogP contribution in [0, 0.1) is 11.3 Å². The third-order valence-corrected chi connectivity index (χ3v) is 6.51. The first-order valence-corrected chi connectivity index (χ1v) is 10.7. The third-order valence-electron chi connectivity index (χ3n) is 6.51. The zero-order chi connectivity index (χ0) is 22.8. The predicted molar refractivity (Wildman–Crippen MR) is 116 cm³/mol. The van der Waals surface area contributed by atoms with Gasteiger partial charge in [-0.2, -0.15) is 0 Å². The highest BCUT2D eigenvalue weighted by atomic mass is 16.5. The average molecular weight is 432 g/mol. The van der Waals surface area contributed by atoms with Gasteiger partial charge in [0.25, 0.3) is 5.91 Å². The molecule has 1 spiro atoms. The molecular formula is C23H33N3O5. The van der Waals surface area contributed by atoms with Gasteiger partial charge in [0.05, 0.1) is 14.2 Å². The van der Waals surface area contributed by atoms with E-state index in [9.17, 15) is 14.4 Å². The second kappa shape index (κ2) is 8.77. The van der Waals surface area contributed by atoms with Crippen molar-refractivity contribution in [2.24, 2.45) is 11.3 Å². The number of carbonyl (C=O) groups is 3. The molecular weight excluding hydrogens is 398 g/mol. The maximum atomic E-state index is 13.1. The topological polar surface area (TPSA) is 97.0 Å². The molecule has 1 aromatic carbocycles. The third kappa shape index (κ3) is 4.94. The van der Waals surface area contributed by atoms with Crippen molar-refractivity contribution in [3.8, 4) is 11.5 Å². The molecule has 2 aliphatic rings. The van der Waals surface area contributed by atoms with E-state index in [1.54, 1.807) is 32.4 Å². The van der Waals surface area contributed by atoms with Gasteiger partial charge in [-0.15, -0.1) is 0 Å². The maximum Gasteiger partial charge on any atom is 0.325 e. The van der Waals surface area contributed by atoms with Gasteiger partial charge in [-0.1, -0.05) is 20.8 Å². The fourth-order valence-electron chi connectivity index (χ4n) is 4.50. The van der Waals surface area contributed by atoms with Gasteiger partial charge in [0, 0.05) is 12.6 Å². The van der Waals surface area contributed by atoms with Gasteiger partial charge in [-0.25, -0.2) is 4.79 Å². The van der Waals surface area contributed by atoms with Crippen LogP contribution >= 0.6 is 0 Å². The lowest BCUT2D eigenvalue weighted by molar-refractivity contribution is -0.136. The minimum absolute atomic E-state index is 0.176. The minimum atomic E-state index is -0.862. The molecule has 8 heteroatoms. The van der Waals surface area contributed by atoms with Gasteiger partial charge in [0.15, 0.2) is 0 Å². The first-order chi connectivity index (χ1) is 14.6. The van der Waals surface area contributed by atoms with Crippen LogP contribution in [0.5, 0.6) is 11.5 Å². The Morgan fingerprint density at radius 3 is 2.23 bits per heavy atom. The number of carbonyl (C=O) groups excluding carboxylic acids is 3. The van der Waals surface area contributed by atoms with Gasteiger partial charge in [-0.05, 0) is 54.7 Å². The number of benzene rings is 1. The Kier molecular flexibility index (Phi) is 6.48. The molecule has 1 aromatic rings. The first kappa shape index (κ1) is 22.9. The van der Waals surface area contributed by atoms with E-state index in [-0.39, 0.29) is 24.4 Å². The van der Waals surface area contributed by atoms with Crippen LogP contribution in [0.15, 0.2) is 18.2 Å². The summed E-state index contributed by atoms with van der Waals surface area (Å²) >= 11 is 0. The largest absolute Gasteiger partial charge is 0.497 e. The second-order valence-corrected chi connectivity index (χ2v) is 9.54. The summed E-state index contributed by atoms with van der Waals surface area (Å²) in [5, 5.41) is 5.64. The smallest absolute Gasteiger partial charge is 0.325 e. The van der Waals surface area contributed by atoms with Crippen molar-refractivity contribution in [3.63, 3.8) is 0 Å². The molecule has 0 aromatic heterocycles. The first-order valence-electron chi connectivity index (χ1n) is 10.7. The van der Waals surface area contributed by atoms with Crippen LogP contribution < -0.4 is 20.1 Å². The number of ether oxygens (including phenoxy) is 2. The van der Waals surface area contributed by atoms with Gasteiger partial charge in [-0.3, -0.25) is 14.5 Å². The van der Waals surface area contributed by atoms with Crippen molar-refractivity contribution in [2.45, 2.75) is 58.5 Å². The van der Waals surface area contributed by atoms with E-state index in [1.165, 1.54) is 0 Å². The van der Waals surface area contributed by atoms with Crippen molar-refractivity contribution in [2.75, 3.05) is 20.8 Å². The molecule has 2 N–H and O–H groups in total. The van der Waals surface area contributed by atoms with Crippen LogP contribution in [0.1, 0.15) is 52.0 Å². The van der Waals surface area contributed by atoms with E-state index < -0.39 is 17.5 Å². The molecule has 2 fully saturated rings. The minimum Gasteiger partial charge on any atom is -0.497 e. The van der Waals surface area contributed by atoms with Crippen molar-refractivity contribution in [1.82, 2.24) is 15.5 Å². The van der Waals surface area contributed by atoms with Crippen molar-refractivity contribution >= 4 is 17.8 Å². The lowest BCUT2D eigenvalue weighted by Gasteiger charge is -2.40. The molecule has 0 unspecified atom stereocenters. The standard InChI is InChI=1S/C23H33N3O5/c1-22(2,3)16-6-8-23(9-7-16)20(28)26(21(29)25-23)14-19(27)24-13-15-10-17(30-4)12-18(11-15)31-5/h10-12,16H,6-9,13-14H2,1-5H3,(H,24,27)(H,25,29). The van der Waals surface area contributed by atoms with Gasteiger partial charge < -0.3 is 20.1 Å². The number of methoxy groups -OCH3 is 2. The Bertz CT molecular complexity index is 831. The quantitative estimate of drug-likeness (QED) is 0.675. The lowest BCUT2D eigenvalue weighted by Crippen LogP contribution is -2.51. The molecule has 8 nitrogen and oxygen atoms in total. The van der Waals surface area contributed by atoms with Crippen LogP contribution in [-0.4, -0.2) is 49.0 Å². The second-order valence-electron chi connectivity index (χ2n) is 9.54. The number of imide groups is 1. The van der Waals surface area contributed by atoms with Gasteiger partial charge >= 0.3 is 6.03 Å². The fourth-order valence-corrected chi connectivity index (χ4v) is 4.50. The fraction of sp³-hybridized carbons (Fsp3) is 0.609. The number of urea groups is 1. The molecule has 0 atom stereocenters. The summed E-state index contributed by atoms with van der Waals surface area (Å²) in [5.74, 6) is 1.06. The monoisotopic (exact) mass is 431 g/mol. The van der Waals surface area contributed by atoms with Crippen molar-refractivity contribution in [3.05, 3.63) is 23.8 Å². The van der Waals surface area contributed by atoms with E-state index in [2.05, 4.69) is 31.4 Å². The van der Waals surface area contributed by atoms with Crippen LogP contribution in [-0.2, 0) is 16.1 Å². The number of amides is 4. The molecule has 1 saturated carbocycles. The molecule has 1 aliphatic carbocycles. The van der Waals surface area contributed by atoms with Crippen LogP contribution in [0.25, 0.3) is 0 Å². The summed E-state index contributed by atoms with van der Waals surface area (Å²) in [4.78, 5) is 39.1. The predicted octanol–water partition coefficient (Wildman–Crippen LogP) is 2.85. The van der Waals surface area contributed by atoms with E-state index in [1.807, 2.05) is 0 Å². The van der Waals surface area contributed by atoms with Crippen LogP contribution in [0.4, 0.5) is 4.79 Å². The number of hydrogen-bond acceptors (Lipinski definition) is 5. The molecule has 1 saturated heterocycles. The van der Waals surface area contributed by atoms with Gasteiger partial charge in [0.2, 0.25) is 5.91 Å². The highest BCUT2D eigenvalue weighted by Crippen LogP contribution is 2.43. The van der Waals surface area contributed by atoms with Crippen molar-refractivity contribution in [1.29, 1.82) is 0 Å². The van der Waals surface area contributed by atoms with E-state index in [0.29, 0.717) is 30.3 Å². The van der Waals surface area contributed by atoms with Crippen molar-refractivity contribution < 1.29 is 23.9 Å². The lowest BCUT2D eigenvalue weighted by atomic mass is 9.67. The molecule has 4 amide bonds. The zero-order valence-electron chi connectivity index (χ0n) is 19.0. The Balaban J connectivity index is 1.59. The Hall–Kier alpha value is -2.77. The number of hydrogen-bond donors (Lipinski definition) is 2. The van der Waals surface area contributed by atoms with E-state index >= 15 is 0 Å². The highest BCUT2D eigenvalue weighted by molar-refractivity contribution is 6.09. The summed E-state index contributed by atoms with van der Waals surface area (Å²) in [6, 6.07) is 4.84. The summed E-state index contributed by atoms with van der Waals surface area (Å²) in [5.41, 5.74) is 0.105. The Labute approximate surface area is 183 Å². The molecule has 3 rings (SSSR count). The molecule has 0 radical (unpaired) electrons. The Morgan fingerprint density at radius 1 is 1.13 bits per heavy atom. The van der Waals surface area contributed by atoms with Gasteiger partial charge in [0.1, 0.15) is 23.6 Å². The molecule has 1 heterocycles. The normalized spacial score (nSPS) is 23.6. The summed E-state index contributed by atoms with van der Waals surface area (Å²) < 4.78 is 10.5. The number of nitrogens with one attached hydrogen (secondary N) is 2. The summed E-state index contributed by atoms with van der Waals surface area (Å²) in [6.45, 7) is 6.56. The zero-order valence-corrected chi connectivity index (χ0v) is 19.0. The van der Waals surface area contributed by atoms with E-state index in [0.717, 1.165) is 23.3 Å². The number of rotatable bonds is 6. The number of nitrogens with zero attached hydrogens (tertiary/aromatic N) is 1. The van der Waals surface area contributed by atoms with E-state index in [4.69, 9.17) is 9.47 Å². The highest BCUT2D eigenvalue weighted by Gasteiger charge is 2.53. The summed E-state index contributed by atoms with van der Waals surface area (Å²) in [6.07, 6.45) is 2.99. The average Bonchev–Trinajstić information content (AvgIpc) is 2.95. The molecule has 31 heavy (non-hydrogen) atoms. The maximum absolute atomic E-state index is 13.1. The SMILES string of the molecule is COc1cc(CNC(=O)CN2C(=O)NC3(CCC(C(C)(C)C)CC3)C2=O)cc(OC)c1. The molecule has 0 bridgehead atoms. The molecule has 1 aliphatic heterocycles. The summed E-state index contributed by atoms with van der Waals surface area (Å²) in [7, 11) is 3.11. The Morgan fingerprint density at radius 2 is 1.71 bits per heavy atom.